The molecule has 8 heteroatoms. The Bertz CT molecular complexity index is 1130. The lowest BCUT2D eigenvalue weighted by Crippen LogP contribution is -2.20. The van der Waals surface area contributed by atoms with E-state index < -0.39 is 0 Å². The lowest BCUT2D eigenvalue weighted by atomic mass is 10.1. The van der Waals surface area contributed by atoms with Gasteiger partial charge in [0.05, 0.1) is 17.1 Å². The van der Waals surface area contributed by atoms with Crippen molar-refractivity contribution < 1.29 is 0 Å². The van der Waals surface area contributed by atoms with Crippen LogP contribution in [-0.2, 0) is 0 Å². The molecule has 148 valence electrons. The maximum Gasteiger partial charge on any atom is 0.176 e. The van der Waals surface area contributed by atoms with Gasteiger partial charge < -0.3 is 16.0 Å². The number of aromatic nitrogens is 3. The lowest BCUT2D eigenvalue weighted by molar-refractivity contribution is 1.05. The molecule has 6 nitrogen and oxygen atoms in total. The van der Waals surface area contributed by atoms with Crippen LogP contribution in [0.25, 0.3) is 11.3 Å². The normalized spacial score (nSPS) is 10.3. The molecule has 0 bridgehead atoms. The second-order valence-electron chi connectivity index (χ2n) is 6.28. The molecule has 0 fully saturated rings. The number of nitrogens with zero attached hydrogens (tertiary/aromatic N) is 3. The summed E-state index contributed by atoms with van der Waals surface area (Å²) in [6, 6.07) is 25.4. The number of para-hydroxylation sites is 2. The second kappa shape index (κ2) is 9.59. The van der Waals surface area contributed by atoms with Crippen molar-refractivity contribution >= 4 is 62.9 Å². The summed E-state index contributed by atoms with van der Waals surface area (Å²) in [4.78, 5) is 4.38. The van der Waals surface area contributed by atoms with E-state index in [1.54, 1.807) is 0 Å². The smallest absolute Gasteiger partial charge is 0.176 e. The molecule has 0 amide bonds. The Morgan fingerprint density at radius 3 is 2.17 bits per heavy atom. The second-order valence-corrected chi connectivity index (χ2v) is 7.94. The van der Waals surface area contributed by atoms with Crippen LogP contribution in [0.3, 0.4) is 0 Å². The number of hydrogen-bond acceptors (Lipinski definition) is 5. The number of hydrogen-bond donors (Lipinski definition) is 3. The zero-order valence-electron chi connectivity index (χ0n) is 15.7. The number of pyridine rings is 1. The molecule has 0 saturated carbocycles. The van der Waals surface area contributed by atoms with Gasteiger partial charge in [-0.25, -0.2) is 4.98 Å². The topological polar surface area (TPSA) is 74.8 Å². The molecule has 30 heavy (non-hydrogen) atoms. The highest BCUT2D eigenvalue weighted by Crippen LogP contribution is 2.25. The number of anilines is 4. The first-order chi connectivity index (χ1) is 14.7. The summed E-state index contributed by atoms with van der Waals surface area (Å²) in [5.74, 6) is 1.32. The molecule has 0 aliphatic rings. The lowest BCUT2D eigenvalue weighted by Gasteiger charge is -2.14. The predicted molar refractivity (Wildman–Crippen MR) is 134 cm³/mol. The fourth-order valence-electron chi connectivity index (χ4n) is 2.72. The molecule has 0 saturated heterocycles. The van der Waals surface area contributed by atoms with Crippen molar-refractivity contribution in [2.45, 2.75) is 0 Å². The van der Waals surface area contributed by atoms with Gasteiger partial charge in [-0.3, -0.25) is 0 Å². The van der Waals surface area contributed by atoms with E-state index in [0.717, 1.165) is 32.0 Å². The van der Waals surface area contributed by atoms with Crippen molar-refractivity contribution in [3.8, 4) is 11.3 Å². The van der Waals surface area contributed by atoms with Gasteiger partial charge in [0.15, 0.2) is 10.9 Å². The maximum absolute atomic E-state index is 5.45. The molecule has 0 spiro atoms. The fourth-order valence-corrected chi connectivity index (χ4v) is 3.25. The summed E-state index contributed by atoms with van der Waals surface area (Å²) in [5.41, 5.74) is 3.51. The van der Waals surface area contributed by atoms with Gasteiger partial charge in [0.25, 0.3) is 0 Å². The minimum absolute atomic E-state index is 0.418. The molecular formula is C22H17IN6S. The van der Waals surface area contributed by atoms with Crippen LogP contribution >= 0.6 is 34.8 Å². The van der Waals surface area contributed by atoms with E-state index in [9.17, 15) is 0 Å². The van der Waals surface area contributed by atoms with Gasteiger partial charge in [0, 0.05) is 15.3 Å². The minimum Gasteiger partial charge on any atom is -0.339 e. The van der Waals surface area contributed by atoms with Crippen molar-refractivity contribution in [2.24, 2.45) is 0 Å². The Labute approximate surface area is 193 Å². The van der Waals surface area contributed by atoms with E-state index in [-0.39, 0.29) is 0 Å². The Balaban J connectivity index is 1.42. The molecule has 0 unspecified atom stereocenters. The van der Waals surface area contributed by atoms with Gasteiger partial charge in [0.1, 0.15) is 5.82 Å². The largest absolute Gasteiger partial charge is 0.339 e. The molecular weight excluding hydrogens is 507 g/mol. The average Bonchev–Trinajstić information content (AvgIpc) is 2.78. The number of nitrogens with one attached hydrogen (secondary N) is 3. The molecule has 0 aliphatic heterocycles. The van der Waals surface area contributed by atoms with Gasteiger partial charge in [-0.1, -0.05) is 42.5 Å². The maximum atomic E-state index is 5.45. The average molecular weight is 524 g/mol. The van der Waals surface area contributed by atoms with Crippen molar-refractivity contribution in [2.75, 3.05) is 16.0 Å². The van der Waals surface area contributed by atoms with Crippen LogP contribution < -0.4 is 16.0 Å². The van der Waals surface area contributed by atoms with Crippen LogP contribution in [0.15, 0.2) is 85.1 Å². The van der Waals surface area contributed by atoms with Gasteiger partial charge >= 0.3 is 0 Å². The first-order valence-corrected chi connectivity index (χ1v) is 10.6. The Morgan fingerprint density at radius 1 is 0.733 bits per heavy atom. The molecule has 2 aromatic heterocycles. The van der Waals surface area contributed by atoms with Gasteiger partial charge in [-0.15, -0.1) is 10.2 Å². The summed E-state index contributed by atoms with van der Waals surface area (Å²) >= 11 is 7.68. The van der Waals surface area contributed by atoms with Crippen LogP contribution in [0.5, 0.6) is 0 Å². The van der Waals surface area contributed by atoms with Crippen LogP contribution in [-0.4, -0.2) is 20.3 Å². The predicted octanol–water partition coefficient (Wildman–Crippen LogP) is 5.70. The Morgan fingerprint density at radius 2 is 1.47 bits per heavy atom. The third-order valence-corrected chi connectivity index (χ3v) is 4.98. The van der Waals surface area contributed by atoms with Crippen LogP contribution in [0.4, 0.5) is 23.0 Å². The third kappa shape index (κ3) is 5.28. The van der Waals surface area contributed by atoms with E-state index in [2.05, 4.69) is 53.7 Å². The SMILES string of the molecule is S=C(Nc1ccc(-c2ccccc2)nn1)Nc1ccccc1Nc1ccc(I)cn1. The van der Waals surface area contributed by atoms with Crippen molar-refractivity contribution in [3.05, 3.63) is 88.6 Å². The molecule has 2 heterocycles. The van der Waals surface area contributed by atoms with Crippen molar-refractivity contribution in [1.82, 2.24) is 15.2 Å². The molecule has 4 aromatic rings. The quantitative estimate of drug-likeness (QED) is 0.229. The monoisotopic (exact) mass is 524 g/mol. The molecule has 0 aliphatic carbocycles. The number of halogens is 1. The Kier molecular flexibility index (Phi) is 6.45. The third-order valence-electron chi connectivity index (χ3n) is 4.14. The molecule has 0 radical (unpaired) electrons. The summed E-state index contributed by atoms with van der Waals surface area (Å²) in [6.45, 7) is 0. The zero-order valence-corrected chi connectivity index (χ0v) is 18.7. The van der Waals surface area contributed by atoms with Gasteiger partial charge in [-0.2, -0.15) is 0 Å². The molecule has 0 atom stereocenters. The van der Waals surface area contributed by atoms with Crippen LogP contribution in [0.1, 0.15) is 0 Å². The first kappa shape index (κ1) is 20.2. The fraction of sp³-hybridized carbons (Fsp3) is 0. The number of rotatable bonds is 5. The standard InChI is InChI=1S/C22H17IN6S/c23-16-10-12-20(24-14-16)25-18-8-4-5-9-19(18)26-22(30)27-21-13-11-17(28-29-21)15-6-2-1-3-7-15/h1-14H,(H,24,25)(H2,26,27,29,30). The van der Waals surface area contributed by atoms with E-state index >= 15 is 0 Å². The number of thiocarbonyl (C=S) groups is 1. The molecule has 4 rings (SSSR count). The highest BCUT2D eigenvalue weighted by molar-refractivity contribution is 14.1. The van der Waals surface area contributed by atoms with Crippen LogP contribution in [0.2, 0.25) is 0 Å². The highest BCUT2D eigenvalue weighted by atomic mass is 127. The first-order valence-electron chi connectivity index (χ1n) is 9.12. The van der Waals surface area contributed by atoms with E-state index in [0.29, 0.717) is 10.9 Å². The molecule has 2 aromatic carbocycles. The highest BCUT2D eigenvalue weighted by Gasteiger charge is 2.07. The minimum atomic E-state index is 0.418. The van der Waals surface area contributed by atoms with Crippen LogP contribution in [0, 0.1) is 3.57 Å². The van der Waals surface area contributed by atoms with E-state index in [4.69, 9.17) is 12.2 Å². The van der Waals surface area contributed by atoms with Gasteiger partial charge in [-0.05, 0) is 71.2 Å². The summed E-state index contributed by atoms with van der Waals surface area (Å²) in [5, 5.41) is 18.5. The van der Waals surface area contributed by atoms with Gasteiger partial charge in [0.2, 0.25) is 0 Å². The summed E-state index contributed by atoms with van der Waals surface area (Å²) < 4.78 is 1.08. The summed E-state index contributed by atoms with van der Waals surface area (Å²) in [7, 11) is 0. The van der Waals surface area contributed by atoms with E-state index in [1.807, 2.05) is 85.1 Å². The van der Waals surface area contributed by atoms with Crippen molar-refractivity contribution in [1.29, 1.82) is 0 Å². The Hall–Kier alpha value is -3.11. The van der Waals surface area contributed by atoms with E-state index in [1.165, 1.54) is 0 Å². The zero-order chi connectivity index (χ0) is 20.8. The van der Waals surface area contributed by atoms with Crippen molar-refractivity contribution in [3.63, 3.8) is 0 Å². The molecule has 3 N–H and O–H groups in total. The number of benzene rings is 2. The summed E-state index contributed by atoms with van der Waals surface area (Å²) in [6.07, 6.45) is 1.81.